The van der Waals surface area contributed by atoms with Gasteiger partial charge in [0.05, 0.1) is 41.4 Å². The summed E-state index contributed by atoms with van der Waals surface area (Å²) < 4.78 is 34.4. The Hall–Kier alpha value is -4.02. The summed E-state index contributed by atoms with van der Waals surface area (Å²) in [7, 11) is 0. The lowest BCUT2D eigenvalue weighted by Crippen LogP contribution is -2.36. The molecule has 0 spiro atoms. The molecule has 5 nitrogen and oxygen atoms in total. The van der Waals surface area contributed by atoms with Crippen molar-refractivity contribution in [1.82, 2.24) is 4.98 Å². The van der Waals surface area contributed by atoms with Crippen LogP contribution in [0.5, 0.6) is 0 Å². The fraction of sp³-hybridized carbons (Fsp3) is 0.185. The highest BCUT2D eigenvalue weighted by molar-refractivity contribution is 5.98. The van der Waals surface area contributed by atoms with E-state index in [1.807, 2.05) is 19.1 Å². The van der Waals surface area contributed by atoms with E-state index in [1.165, 1.54) is 18.2 Å². The molecule has 0 radical (unpaired) electrons. The van der Waals surface area contributed by atoms with E-state index in [0.29, 0.717) is 57.9 Å². The predicted molar refractivity (Wildman–Crippen MR) is 129 cm³/mol. The molecule has 3 aromatic carbocycles. The van der Waals surface area contributed by atoms with Crippen molar-refractivity contribution >= 4 is 28.0 Å². The zero-order valence-electron chi connectivity index (χ0n) is 18.6. The van der Waals surface area contributed by atoms with Crippen LogP contribution in [0.1, 0.15) is 11.1 Å². The number of fused-ring (bicyclic) bond motifs is 1. The van der Waals surface area contributed by atoms with Crippen LogP contribution in [0, 0.1) is 29.9 Å². The molecule has 0 saturated carbocycles. The molecule has 0 unspecified atom stereocenters. The van der Waals surface area contributed by atoms with Crippen molar-refractivity contribution in [1.29, 1.82) is 5.26 Å². The van der Waals surface area contributed by atoms with Crippen molar-refractivity contribution in [2.75, 3.05) is 36.5 Å². The Balaban J connectivity index is 1.68. The first kappa shape index (κ1) is 21.8. The van der Waals surface area contributed by atoms with E-state index >= 15 is 0 Å². The van der Waals surface area contributed by atoms with E-state index in [1.54, 1.807) is 30.3 Å². The number of anilines is 3. The summed E-state index contributed by atoms with van der Waals surface area (Å²) >= 11 is 0. The Morgan fingerprint density at radius 3 is 2.59 bits per heavy atom. The molecule has 7 heteroatoms. The maximum absolute atomic E-state index is 14.7. The summed E-state index contributed by atoms with van der Waals surface area (Å²) in [6.45, 7) is 4.61. The molecule has 170 valence electrons. The first-order valence-electron chi connectivity index (χ1n) is 11.0. The zero-order chi connectivity index (χ0) is 23.7. The largest absolute Gasteiger partial charge is 0.378 e. The summed E-state index contributed by atoms with van der Waals surface area (Å²) in [5, 5.41) is 13.7. The topological polar surface area (TPSA) is 61.2 Å². The van der Waals surface area contributed by atoms with Gasteiger partial charge in [-0.1, -0.05) is 12.1 Å². The Morgan fingerprint density at radius 2 is 1.82 bits per heavy atom. The number of nitrogens with zero attached hydrogens (tertiary/aromatic N) is 3. The Labute approximate surface area is 196 Å². The lowest BCUT2D eigenvalue weighted by atomic mass is 10.0. The molecule has 0 atom stereocenters. The maximum atomic E-state index is 14.7. The second-order valence-corrected chi connectivity index (χ2v) is 8.17. The number of nitriles is 1. The van der Waals surface area contributed by atoms with Gasteiger partial charge < -0.3 is 15.0 Å². The number of hydrogen-bond donors (Lipinski definition) is 1. The standard InChI is InChI=1S/C27H22F2N4O/c1-17-26(21-4-2-3-5-23(21)29)31-24-9-7-19(28)14-22(24)27(17)32-25-15-20(8-6-18(25)16-30)33-10-12-34-13-11-33/h2-9,14-15H,10-13H2,1H3,(H,31,32). The molecular formula is C27H22F2N4O. The van der Waals surface area contributed by atoms with Gasteiger partial charge in [-0.2, -0.15) is 5.26 Å². The quantitative estimate of drug-likeness (QED) is 0.412. The third-order valence-corrected chi connectivity index (χ3v) is 6.08. The number of halogens is 2. The third kappa shape index (κ3) is 4.04. The molecule has 1 saturated heterocycles. The van der Waals surface area contributed by atoms with Gasteiger partial charge in [-0.25, -0.2) is 13.8 Å². The molecule has 4 aromatic rings. The van der Waals surface area contributed by atoms with Gasteiger partial charge in [0.25, 0.3) is 0 Å². The maximum Gasteiger partial charge on any atom is 0.132 e. The van der Waals surface area contributed by atoms with Gasteiger partial charge in [0.2, 0.25) is 0 Å². The molecule has 1 aliphatic rings. The number of ether oxygens (including phenoxy) is 1. The van der Waals surface area contributed by atoms with E-state index in [9.17, 15) is 14.0 Å². The van der Waals surface area contributed by atoms with Crippen LogP contribution < -0.4 is 10.2 Å². The van der Waals surface area contributed by atoms with Crippen LogP contribution >= 0.6 is 0 Å². The van der Waals surface area contributed by atoms with Crippen LogP contribution in [0.25, 0.3) is 22.2 Å². The molecule has 1 aliphatic heterocycles. The minimum absolute atomic E-state index is 0.358. The van der Waals surface area contributed by atoms with Gasteiger partial charge >= 0.3 is 0 Å². The van der Waals surface area contributed by atoms with Crippen LogP contribution in [-0.4, -0.2) is 31.3 Å². The summed E-state index contributed by atoms with van der Waals surface area (Å²) in [6.07, 6.45) is 0. The van der Waals surface area contributed by atoms with Crippen molar-refractivity contribution in [3.63, 3.8) is 0 Å². The van der Waals surface area contributed by atoms with Crippen LogP contribution in [0.15, 0.2) is 60.7 Å². The van der Waals surface area contributed by atoms with Gasteiger partial charge in [-0.15, -0.1) is 0 Å². The lowest BCUT2D eigenvalue weighted by molar-refractivity contribution is 0.122. The van der Waals surface area contributed by atoms with E-state index in [-0.39, 0.29) is 0 Å². The molecule has 2 heterocycles. The Morgan fingerprint density at radius 1 is 1.03 bits per heavy atom. The van der Waals surface area contributed by atoms with Crippen molar-refractivity contribution in [3.05, 3.63) is 83.4 Å². The second kappa shape index (κ2) is 9.08. The van der Waals surface area contributed by atoms with E-state index in [4.69, 9.17) is 4.74 Å². The highest BCUT2D eigenvalue weighted by atomic mass is 19.1. The molecule has 1 fully saturated rings. The van der Waals surface area contributed by atoms with Gasteiger partial charge in [0, 0.05) is 29.7 Å². The number of hydrogen-bond acceptors (Lipinski definition) is 5. The number of morpholine rings is 1. The molecule has 1 N–H and O–H groups in total. The third-order valence-electron chi connectivity index (χ3n) is 6.08. The number of aromatic nitrogens is 1. The molecular weight excluding hydrogens is 434 g/mol. The lowest BCUT2D eigenvalue weighted by Gasteiger charge is -2.29. The highest BCUT2D eigenvalue weighted by Crippen LogP contribution is 2.37. The summed E-state index contributed by atoms with van der Waals surface area (Å²) in [6, 6.07) is 18.6. The molecule has 34 heavy (non-hydrogen) atoms. The van der Waals surface area contributed by atoms with Crippen LogP contribution in [0.2, 0.25) is 0 Å². The van der Waals surface area contributed by atoms with Crippen LogP contribution in [-0.2, 0) is 4.74 Å². The number of rotatable bonds is 4. The van der Waals surface area contributed by atoms with Gasteiger partial charge in [-0.3, -0.25) is 0 Å². The Kier molecular flexibility index (Phi) is 5.83. The number of nitrogens with one attached hydrogen (secondary N) is 1. The van der Waals surface area contributed by atoms with Crippen molar-refractivity contribution < 1.29 is 13.5 Å². The van der Waals surface area contributed by atoms with Crippen LogP contribution in [0.4, 0.5) is 25.8 Å². The first-order chi connectivity index (χ1) is 16.5. The summed E-state index contributed by atoms with van der Waals surface area (Å²) in [4.78, 5) is 6.84. The molecule has 0 aliphatic carbocycles. The van der Waals surface area contributed by atoms with Crippen molar-refractivity contribution in [2.45, 2.75) is 6.92 Å². The first-order valence-corrected chi connectivity index (χ1v) is 11.0. The average molecular weight is 456 g/mol. The van der Waals surface area contributed by atoms with E-state index < -0.39 is 11.6 Å². The van der Waals surface area contributed by atoms with Gasteiger partial charge in [0.15, 0.2) is 0 Å². The minimum Gasteiger partial charge on any atom is -0.378 e. The monoisotopic (exact) mass is 456 g/mol. The fourth-order valence-electron chi connectivity index (χ4n) is 4.29. The average Bonchev–Trinajstić information content (AvgIpc) is 2.87. The van der Waals surface area contributed by atoms with Crippen LogP contribution in [0.3, 0.4) is 0 Å². The molecule has 5 rings (SSSR count). The highest BCUT2D eigenvalue weighted by Gasteiger charge is 2.19. The van der Waals surface area contributed by atoms with Crippen molar-refractivity contribution in [3.8, 4) is 17.3 Å². The fourth-order valence-corrected chi connectivity index (χ4v) is 4.29. The number of benzene rings is 3. The minimum atomic E-state index is -0.405. The second-order valence-electron chi connectivity index (χ2n) is 8.17. The van der Waals surface area contributed by atoms with Gasteiger partial charge in [0.1, 0.15) is 17.7 Å². The Bertz CT molecular complexity index is 1420. The van der Waals surface area contributed by atoms with E-state index in [2.05, 4.69) is 21.3 Å². The smallest absolute Gasteiger partial charge is 0.132 e. The van der Waals surface area contributed by atoms with Gasteiger partial charge in [-0.05, 0) is 61.0 Å². The summed E-state index contributed by atoms with van der Waals surface area (Å²) in [5.41, 5.74) is 4.58. The predicted octanol–water partition coefficient (Wildman–Crippen LogP) is 5.94. The van der Waals surface area contributed by atoms with E-state index in [0.717, 1.165) is 18.8 Å². The number of pyridine rings is 1. The zero-order valence-corrected chi connectivity index (χ0v) is 18.6. The SMILES string of the molecule is Cc1c(-c2ccccc2F)nc2ccc(F)cc2c1Nc1cc(N2CCOCC2)ccc1C#N. The normalized spacial score (nSPS) is 13.6. The summed E-state index contributed by atoms with van der Waals surface area (Å²) in [5.74, 6) is -0.796. The van der Waals surface area contributed by atoms with Crippen molar-refractivity contribution in [2.24, 2.45) is 0 Å². The molecule has 1 aromatic heterocycles. The molecule has 0 amide bonds. The molecule has 0 bridgehead atoms.